The van der Waals surface area contributed by atoms with Crippen molar-refractivity contribution in [2.24, 2.45) is 0 Å². The van der Waals surface area contributed by atoms with Gasteiger partial charge in [0.05, 0.1) is 5.52 Å². The topological polar surface area (TPSA) is 18.1 Å². The Kier molecular flexibility index (Phi) is 2.71. The van der Waals surface area contributed by atoms with E-state index < -0.39 is 0 Å². The molecule has 2 aromatic heterocycles. The number of fused-ring (bicyclic) bond motifs is 7. The second-order valence-electron chi connectivity index (χ2n) is 7.84. The van der Waals surface area contributed by atoms with Crippen LogP contribution in [0, 0.1) is 0 Å². The molecule has 130 valence electrons. The van der Waals surface area contributed by atoms with E-state index in [0.29, 0.717) is 0 Å². The zero-order valence-electron chi connectivity index (χ0n) is 15.4. The van der Waals surface area contributed by atoms with Crippen LogP contribution >= 0.6 is 0 Å². The van der Waals surface area contributed by atoms with Crippen LogP contribution in [0.4, 0.5) is 0 Å². The average molecular weight is 349 g/mol. The molecule has 0 bridgehead atoms. The van der Waals surface area contributed by atoms with E-state index in [1.807, 2.05) is 0 Å². The molecule has 0 amide bonds. The Morgan fingerprint density at radius 1 is 0.778 bits per heavy atom. The summed E-state index contributed by atoms with van der Waals surface area (Å²) in [6.07, 6.45) is 0. The number of nitrogens with zero attached hydrogens (tertiary/aromatic N) is 1. The van der Waals surface area contributed by atoms with E-state index in [-0.39, 0.29) is 5.41 Å². The maximum Gasteiger partial charge on any atom is 0.161 e. The normalized spacial score (nSPS) is 14.6. The highest BCUT2D eigenvalue weighted by atomic mass is 16.3. The summed E-state index contributed by atoms with van der Waals surface area (Å²) in [5.41, 5.74) is 8.25. The highest BCUT2D eigenvalue weighted by Crippen LogP contribution is 2.54. The maximum absolute atomic E-state index is 6.60. The molecular weight excluding hydrogens is 330 g/mol. The Balaban J connectivity index is 1.86. The van der Waals surface area contributed by atoms with Gasteiger partial charge in [0.1, 0.15) is 11.3 Å². The quantitative estimate of drug-likeness (QED) is 0.330. The first-order chi connectivity index (χ1) is 13.2. The van der Waals surface area contributed by atoms with Crippen molar-refractivity contribution in [3.63, 3.8) is 0 Å². The minimum absolute atomic E-state index is 0.131. The summed E-state index contributed by atoms with van der Waals surface area (Å²) in [5.74, 6) is 1.07. The molecule has 3 aromatic carbocycles. The van der Waals surface area contributed by atoms with Crippen molar-refractivity contribution >= 4 is 22.0 Å². The zero-order chi connectivity index (χ0) is 18.2. The first kappa shape index (κ1) is 14.9. The molecule has 0 unspecified atom stereocenters. The lowest BCUT2D eigenvalue weighted by Gasteiger charge is -2.18. The van der Waals surface area contributed by atoms with E-state index in [2.05, 4.69) is 97.3 Å². The predicted octanol–water partition coefficient (Wildman–Crippen LogP) is 6.68. The summed E-state index contributed by atoms with van der Waals surface area (Å²) in [7, 11) is 0. The van der Waals surface area contributed by atoms with Crippen LogP contribution in [0.15, 0.2) is 83.3 Å². The SMILES string of the molecule is CC1(C)c2ccccc2-c2c1oc1c3ccccc3n(-c3ccccc3)c21. The predicted molar refractivity (Wildman–Crippen MR) is 111 cm³/mol. The van der Waals surface area contributed by atoms with Crippen LogP contribution in [0.5, 0.6) is 0 Å². The van der Waals surface area contributed by atoms with Crippen molar-refractivity contribution in [3.8, 4) is 16.8 Å². The van der Waals surface area contributed by atoms with Gasteiger partial charge in [-0.2, -0.15) is 0 Å². The molecule has 0 fully saturated rings. The highest BCUT2D eigenvalue weighted by Gasteiger charge is 2.41. The van der Waals surface area contributed by atoms with Crippen molar-refractivity contribution in [3.05, 3.63) is 90.2 Å². The number of benzene rings is 3. The molecule has 0 saturated carbocycles. The molecule has 6 rings (SSSR count). The number of aromatic nitrogens is 1. The number of hydrogen-bond donors (Lipinski definition) is 0. The summed E-state index contributed by atoms with van der Waals surface area (Å²) in [6, 6.07) is 27.8. The number of furan rings is 1. The zero-order valence-corrected chi connectivity index (χ0v) is 15.4. The fourth-order valence-corrected chi connectivity index (χ4v) is 4.70. The maximum atomic E-state index is 6.60. The Bertz CT molecular complexity index is 1340. The van der Waals surface area contributed by atoms with Crippen LogP contribution in [-0.4, -0.2) is 4.57 Å². The van der Waals surface area contributed by atoms with Gasteiger partial charge in [0.15, 0.2) is 5.58 Å². The van der Waals surface area contributed by atoms with Gasteiger partial charge < -0.3 is 8.98 Å². The van der Waals surface area contributed by atoms with Crippen molar-refractivity contribution in [1.29, 1.82) is 0 Å². The van der Waals surface area contributed by atoms with Crippen LogP contribution < -0.4 is 0 Å². The van der Waals surface area contributed by atoms with Crippen molar-refractivity contribution in [2.75, 3.05) is 0 Å². The summed E-state index contributed by atoms with van der Waals surface area (Å²) in [6.45, 7) is 4.52. The van der Waals surface area contributed by atoms with Gasteiger partial charge in [-0.25, -0.2) is 0 Å². The van der Waals surface area contributed by atoms with E-state index in [1.165, 1.54) is 33.1 Å². The van der Waals surface area contributed by atoms with Gasteiger partial charge in [-0.15, -0.1) is 0 Å². The summed E-state index contributed by atoms with van der Waals surface area (Å²) < 4.78 is 8.96. The van der Waals surface area contributed by atoms with Crippen LogP contribution in [0.25, 0.3) is 38.8 Å². The van der Waals surface area contributed by atoms with E-state index >= 15 is 0 Å². The lowest BCUT2D eigenvalue weighted by Crippen LogP contribution is -2.14. The minimum atomic E-state index is -0.131. The van der Waals surface area contributed by atoms with Gasteiger partial charge in [-0.05, 0) is 49.2 Å². The van der Waals surface area contributed by atoms with Crippen LogP contribution in [0.3, 0.4) is 0 Å². The first-order valence-electron chi connectivity index (χ1n) is 9.39. The standard InChI is InChI=1S/C25H19NO/c1-25(2)19-14-8-6-12-17(19)21-22-23(27-24(21)25)18-13-7-9-15-20(18)26(22)16-10-4-3-5-11-16/h3-15H,1-2H3. The molecule has 2 heterocycles. The Morgan fingerprint density at radius 2 is 1.48 bits per heavy atom. The van der Waals surface area contributed by atoms with E-state index in [1.54, 1.807) is 0 Å². The third kappa shape index (κ3) is 1.75. The lowest BCUT2D eigenvalue weighted by atomic mass is 9.86. The molecule has 2 heteroatoms. The fourth-order valence-electron chi connectivity index (χ4n) is 4.70. The van der Waals surface area contributed by atoms with Crippen LogP contribution in [-0.2, 0) is 5.41 Å². The molecule has 0 saturated heterocycles. The second-order valence-corrected chi connectivity index (χ2v) is 7.84. The number of rotatable bonds is 1. The number of hydrogen-bond acceptors (Lipinski definition) is 1. The molecule has 27 heavy (non-hydrogen) atoms. The fraction of sp³-hybridized carbons (Fsp3) is 0.120. The monoisotopic (exact) mass is 349 g/mol. The van der Waals surface area contributed by atoms with E-state index in [9.17, 15) is 0 Å². The summed E-state index contributed by atoms with van der Waals surface area (Å²) >= 11 is 0. The largest absolute Gasteiger partial charge is 0.457 e. The van der Waals surface area contributed by atoms with Crippen molar-refractivity contribution in [2.45, 2.75) is 19.3 Å². The molecule has 1 aliphatic carbocycles. The van der Waals surface area contributed by atoms with Crippen molar-refractivity contribution < 1.29 is 4.42 Å². The molecule has 0 atom stereocenters. The highest BCUT2D eigenvalue weighted by molar-refractivity contribution is 6.13. The Morgan fingerprint density at radius 3 is 2.33 bits per heavy atom. The second kappa shape index (κ2) is 4.92. The molecule has 2 nitrogen and oxygen atoms in total. The van der Waals surface area contributed by atoms with E-state index in [4.69, 9.17) is 4.42 Å². The molecule has 0 spiro atoms. The third-order valence-corrected chi connectivity index (χ3v) is 5.95. The lowest BCUT2D eigenvalue weighted by molar-refractivity contribution is 0.466. The van der Waals surface area contributed by atoms with Gasteiger partial charge in [0.25, 0.3) is 0 Å². The van der Waals surface area contributed by atoms with E-state index in [0.717, 1.165) is 17.0 Å². The average Bonchev–Trinajstić information content (AvgIpc) is 3.30. The molecule has 0 aliphatic heterocycles. The molecule has 1 aliphatic rings. The summed E-state index contributed by atoms with van der Waals surface area (Å²) in [4.78, 5) is 0. The van der Waals surface area contributed by atoms with Gasteiger partial charge in [0.2, 0.25) is 0 Å². The third-order valence-electron chi connectivity index (χ3n) is 5.95. The molecular formula is C25H19NO. The minimum Gasteiger partial charge on any atom is -0.457 e. The van der Waals surface area contributed by atoms with Gasteiger partial charge in [-0.1, -0.05) is 54.6 Å². The Labute approximate surface area is 157 Å². The molecule has 0 N–H and O–H groups in total. The van der Waals surface area contributed by atoms with Crippen LogP contribution in [0.2, 0.25) is 0 Å². The smallest absolute Gasteiger partial charge is 0.161 e. The molecule has 5 aromatic rings. The summed E-state index contributed by atoms with van der Waals surface area (Å²) in [5, 5.41) is 1.17. The van der Waals surface area contributed by atoms with Gasteiger partial charge in [-0.3, -0.25) is 0 Å². The van der Waals surface area contributed by atoms with Gasteiger partial charge >= 0.3 is 0 Å². The van der Waals surface area contributed by atoms with Crippen LogP contribution in [0.1, 0.15) is 25.2 Å². The Hall–Kier alpha value is -3.26. The molecule has 0 radical (unpaired) electrons. The van der Waals surface area contributed by atoms with Crippen molar-refractivity contribution in [1.82, 2.24) is 4.57 Å². The first-order valence-corrected chi connectivity index (χ1v) is 9.39. The van der Waals surface area contributed by atoms with Gasteiger partial charge in [0, 0.05) is 22.1 Å². The number of para-hydroxylation sites is 2.